The molecule has 13 heavy (non-hydrogen) atoms. The summed E-state index contributed by atoms with van der Waals surface area (Å²) < 4.78 is 1.38. The summed E-state index contributed by atoms with van der Waals surface area (Å²) in [5.41, 5.74) is -0.443. The molecule has 0 aliphatic carbocycles. The first-order chi connectivity index (χ1) is 6.27. The maximum atomic E-state index is 11.0. The molecule has 0 unspecified atom stereocenters. The SMILES string of the molecule is CC.O=c1[nH]c(=O)c2cccn2[nH]1. The summed E-state index contributed by atoms with van der Waals surface area (Å²) in [7, 11) is 0. The molecule has 5 nitrogen and oxygen atoms in total. The molecule has 0 spiro atoms. The van der Waals surface area contributed by atoms with Crippen LogP contribution in [0.3, 0.4) is 0 Å². The molecule has 0 amide bonds. The molecule has 70 valence electrons. The summed E-state index contributed by atoms with van der Waals surface area (Å²) in [6.45, 7) is 4.00. The lowest BCUT2D eigenvalue weighted by Crippen LogP contribution is -2.24. The van der Waals surface area contributed by atoms with Crippen LogP contribution >= 0.6 is 0 Å². The van der Waals surface area contributed by atoms with Gasteiger partial charge in [0.25, 0.3) is 5.56 Å². The van der Waals surface area contributed by atoms with Crippen LogP contribution in [0.15, 0.2) is 27.9 Å². The van der Waals surface area contributed by atoms with Crippen molar-refractivity contribution in [3.8, 4) is 0 Å². The number of H-pyrrole nitrogens is 2. The molecule has 2 aromatic rings. The van der Waals surface area contributed by atoms with Crippen molar-refractivity contribution in [2.45, 2.75) is 13.8 Å². The van der Waals surface area contributed by atoms with E-state index in [2.05, 4.69) is 10.1 Å². The molecule has 2 N–H and O–H groups in total. The number of hydrogen-bond acceptors (Lipinski definition) is 2. The fraction of sp³-hybridized carbons (Fsp3) is 0.250. The lowest BCUT2D eigenvalue weighted by molar-refractivity contribution is 0.845. The standard InChI is InChI=1S/C6H5N3O2.C2H6/c10-5-4-2-1-3-9(4)8-6(11)7-5;1-2/h1-3H,(H2,7,8,10,11);1-2H3. The van der Waals surface area contributed by atoms with Crippen molar-refractivity contribution in [2.24, 2.45) is 0 Å². The average molecular weight is 181 g/mol. The van der Waals surface area contributed by atoms with Crippen molar-refractivity contribution in [3.63, 3.8) is 0 Å². The first-order valence-electron chi connectivity index (χ1n) is 4.07. The van der Waals surface area contributed by atoms with Gasteiger partial charge in [-0.05, 0) is 12.1 Å². The predicted octanol–water partition coefficient (Wildman–Crippen LogP) is 0.342. The molecular formula is C8H11N3O2. The Hall–Kier alpha value is -1.78. The van der Waals surface area contributed by atoms with Gasteiger partial charge in [0.1, 0.15) is 5.52 Å². The zero-order chi connectivity index (χ0) is 9.84. The van der Waals surface area contributed by atoms with Gasteiger partial charge < -0.3 is 0 Å². The molecule has 0 aliphatic heterocycles. The van der Waals surface area contributed by atoms with E-state index in [0.717, 1.165) is 0 Å². The van der Waals surface area contributed by atoms with E-state index in [1.807, 2.05) is 13.8 Å². The third-order valence-electron chi connectivity index (χ3n) is 1.43. The summed E-state index contributed by atoms with van der Waals surface area (Å²) in [6, 6.07) is 3.30. The highest BCUT2D eigenvalue weighted by molar-refractivity contribution is 5.42. The largest absolute Gasteiger partial charge is 0.340 e. The van der Waals surface area contributed by atoms with E-state index in [1.165, 1.54) is 4.52 Å². The second kappa shape index (κ2) is 3.75. The Morgan fingerprint density at radius 2 is 2.00 bits per heavy atom. The number of hydrogen-bond donors (Lipinski definition) is 2. The summed E-state index contributed by atoms with van der Waals surface area (Å²) in [5.74, 6) is 0. The molecular weight excluding hydrogens is 170 g/mol. The van der Waals surface area contributed by atoms with Crippen molar-refractivity contribution in [2.75, 3.05) is 0 Å². The van der Waals surface area contributed by atoms with Crippen LogP contribution in [0.2, 0.25) is 0 Å². The molecule has 0 saturated carbocycles. The highest BCUT2D eigenvalue weighted by Crippen LogP contribution is 1.90. The van der Waals surface area contributed by atoms with E-state index in [0.29, 0.717) is 5.52 Å². The minimum Gasteiger partial charge on any atom is -0.271 e. The van der Waals surface area contributed by atoms with E-state index < -0.39 is 5.69 Å². The van der Waals surface area contributed by atoms with Crippen LogP contribution in [0.5, 0.6) is 0 Å². The highest BCUT2D eigenvalue weighted by Gasteiger charge is 1.96. The molecule has 2 aromatic heterocycles. The summed E-state index contributed by atoms with van der Waals surface area (Å²) in [6.07, 6.45) is 1.60. The number of nitrogens with one attached hydrogen (secondary N) is 2. The summed E-state index contributed by atoms with van der Waals surface area (Å²) >= 11 is 0. The summed E-state index contributed by atoms with van der Waals surface area (Å²) in [5, 5.41) is 2.42. The number of rotatable bonds is 0. The molecule has 0 aromatic carbocycles. The molecule has 0 atom stereocenters. The van der Waals surface area contributed by atoms with E-state index in [-0.39, 0.29) is 5.56 Å². The van der Waals surface area contributed by atoms with Gasteiger partial charge in [-0.3, -0.25) is 14.3 Å². The molecule has 0 saturated heterocycles. The predicted molar refractivity (Wildman–Crippen MR) is 50.0 cm³/mol. The highest BCUT2D eigenvalue weighted by atomic mass is 16.2. The Labute approximate surface area is 74.0 Å². The van der Waals surface area contributed by atoms with Crippen LogP contribution in [0, 0.1) is 0 Å². The third kappa shape index (κ3) is 1.69. The van der Waals surface area contributed by atoms with Gasteiger partial charge in [-0.15, -0.1) is 0 Å². The van der Waals surface area contributed by atoms with Crippen molar-refractivity contribution in [1.82, 2.24) is 14.6 Å². The van der Waals surface area contributed by atoms with Gasteiger partial charge in [-0.25, -0.2) is 9.89 Å². The minimum atomic E-state index is -0.501. The third-order valence-corrected chi connectivity index (χ3v) is 1.43. The van der Waals surface area contributed by atoms with E-state index in [9.17, 15) is 9.59 Å². The average Bonchev–Trinajstić information content (AvgIpc) is 2.55. The minimum absolute atomic E-state index is 0.376. The van der Waals surface area contributed by atoms with Gasteiger partial charge in [0.2, 0.25) is 0 Å². The molecule has 0 bridgehead atoms. The van der Waals surface area contributed by atoms with Gasteiger partial charge in [0.05, 0.1) is 0 Å². The number of aromatic nitrogens is 3. The zero-order valence-corrected chi connectivity index (χ0v) is 7.50. The van der Waals surface area contributed by atoms with Gasteiger partial charge >= 0.3 is 5.69 Å². The van der Waals surface area contributed by atoms with Gasteiger partial charge in [0.15, 0.2) is 0 Å². The van der Waals surface area contributed by atoms with Crippen molar-refractivity contribution in [1.29, 1.82) is 0 Å². The number of nitrogens with zero attached hydrogens (tertiary/aromatic N) is 1. The second-order valence-electron chi connectivity index (χ2n) is 2.16. The zero-order valence-electron chi connectivity index (χ0n) is 7.50. The van der Waals surface area contributed by atoms with Gasteiger partial charge in [0, 0.05) is 6.20 Å². The molecule has 0 radical (unpaired) electrons. The topological polar surface area (TPSA) is 70.1 Å². The lowest BCUT2D eigenvalue weighted by atomic mass is 10.5. The fourth-order valence-electron chi connectivity index (χ4n) is 0.968. The van der Waals surface area contributed by atoms with Gasteiger partial charge in [-0.1, -0.05) is 13.8 Å². The monoisotopic (exact) mass is 181 g/mol. The van der Waals surface area contributed by atoms with Crippen LogP contribution in [0.25, 0.3) is 5.52 Å². The Morgan fingerprint density at radius 3 is 2.69 bits per heavy atom. The number of aromatic amines is 2. The normalized spacial score (nSPS) is 9.38. The Bertz CT molecular complexity index is 492. The van der Waals surface area contributed by atoms with Crippen molar-refractivity contribution in [3.05, 3.63) is 39.2 Å². The Morgan fingerprint density at radius 1 is 1.31 bits per heavy atom. The Balaban J connectivity index is 0.000000396. The maximum absolute atomic E-state index is 11.0. The van der Waals surface area contributed by atoms with E-state index in [4.69, 9.17) is 0 Å². The van der Waals surface area contributed by atoms with E-state index in [1.54, 1.807) is 18.3 Å². The van der Waals surface area contributed by atoms with Crippen LogP contribution < -0.4 is 11.2 Å². The van der Waals surface area contributed by atoms with Crippen LogP contribution in [-0.4, -0.2) is 14.6 Å². The summed E-state index contributed by atoms with van der Waals surface area (Å²) in [4.78, 5) is 23.7. The molecule has 0 fully saturated rings. The van der Waals surface area contributed by atoms with Crippen molar-refractivity contribution >= 4 is 5.52 Å². The second-order valence-corrected chi connectivity index (χ2v) is 2.16. The molecule has 0 aliphatic rings. The quantitative estimate of drug-likeness (QED) is 0.615. The van der Waals surface area contributed by atoms with Crippen LogP contribution in [0.1, 0.15) is 13.8 Å². The Kier molecular flexibility index (Phi) is 2.69. The van der Waals surface area contributed by atoms with Crippen LogP contribution in [-0.2, 0) is 0 Å². The van der Waals surface area contributed by atoms with Gasteiger partial charge in [-0.2, -0.15) is 0 Å². The molecule has 5 heteroatoms. The van der Waals surface area contributed by atoms with Crippen LogP contribution in [0.4, 0.5) is 0 Å². The van der Waals surface area contributed by atoms with Crippen molar-refractivity contribution < 1.29 is 0 Å². The first-order valence-corrected chi connectivity index (χ1v) is 4.07. The smallest absolute Gasteiger partial charge is 0.271 e. The first kappa shape index (κ1) is 9.31. The molecule has 2 heterocycles. The molecule has 2 rings (SSSR count). The maximum Gasteiger partial charge on any atom is 0.340 e. The lowest BCUT2D eigenvalue weighted by Gasteiger charge is -1.89. The fourth-order valence-corrected chi connectivity index (χ4v) is 0.968. The number of fused-ring (bicyclic) bond motifs is 1. The van der Waals surface area contributed by atoms with E-state index >= 15 is 0 Å².